The Bertz CT molecular complexity index is 473. The van der Waals surface area contributed by atoms with Crippen LogP contribution in [0.25, 0.3) is 10.9 Å². The van der Waals surface area contributed by atoms with E-state index in [1.807, 2.05) is 12.3 Å². The number of benzene rings is 1. The summed E-state index contributed by atoms with van der Waals surface area (Å²) in [4.78, 5) is 3.08. The van der Waals surface area contributed by atoms with Crippen molar-refractivity contribution < 1.29 is 4.39 Å². The highest BCUT2D eigenvalue weighted by Crippen LogP contribution is 2.31. The second-order valence-electron chi connectivity index (χ2n) is 3.68. The Morgan fingerprint density at radius 2 is 2.07 bits per heavy atom. The van der Waals surface area contributed by atoms with E-state index >= 15 is 0 Å². The first-order valence-corrected chi connectivity index (χ1v) is 5.35. The highest BCUT2D eigenvalue weighted by molar-refractivity contribution is 9.10. The van der Waals surface area contributed by atoms with Gasteiger partial charge in [0.2, 0.25) is 0 Å². The molecule has 0 saturated carbocycles. The van der Waals surface area contributed by atoms with E-state index in [-0.39, 0.29) is 5.82 Å². The molecule has 0 radical (unpaired) electrons. The summed E-state index contributed by atoms with van der Waals surface area (Å²) in [7, 11) is 0. The molecule has 1 nitrogen and oxygen atoms in total. The minimum Gasteiger partial charge on any atom is -0.361 e. The number of hydrogen-bond acceptors (Lipinski definition) is 0. The van der Waals surface area contributed by atoms with Crippen molar-refractivity contribution in [2.75, 3.05) is 0 Å². The van der Waals surface area contributed by atoms with Crippen molar-refractivity contribution in [3.63, 3.8) is 0 Å². The Morgan fingerprint density at radius 1 is 1.36 bits per heavy atom. The van der Waals surface area contributed by atoms with Gasteiger partial charge in [-0.15, -0.1) is 0 Å². The summed E-state index contributed by atoms with van der Waals surface area (Å²) in [5.74, 6) is 0.153. The normalized spacial score (nSPS) is 11.5. The van der Waals surface area contributed by atoms with Crippen molar-refractivity contribution in [1.82, 2.24) is 4.98 Å². The molecule has 1 aromatic heterocycles. The molecule has 0 atom stereocenters. The number of hydrogen-bond donors (Lipinski definition) is 1. The van der Waals surface area contributed by atoms with E-state index < -0.39 is 0 Å². The molecule has 0 saturated heterocycles. The zero-order valence-corrected chi connectivity index (χ0v) is 9.65. The first-order chi connectivity index (χ1) is 6.61. The van der Waals surface area contributed by atoms with E-state index in [1.165, 1.54) is 0 Å². The van der Waals surface area contributed by atoms with Gasteiger partial charge in [0, 0.05) is 17.1 Å². The van der Waals surface area contributed by atoms with Crippen LogP contribution in [-0.4, -0.2) is 4.98 Å². The number of nitrogens with one attached hydrogen (secondary N) is 1. The van der Waals surface area contributed by atoms with Gasteiger partial charge in [-0.05, 0) is 39.5 Å². The number of halogens is 2. The third kappa shape index (κ3) is 1.36. The minimum atomic E-state index is -0.174. The lowest BCUT2D eigenvalue weighted by molar-refractivity contribution is 0.631. The van der Waals surface area contributed by atoms with Gasteiger partial charge in [0.25, 0.3) is 0 Å². The summed E-state index contributed by atoms with van der Waals surface area (Å²) in [6, 6.07) is 3.60. The molecule has 0 amide bonds. The molecule has 2 rings (SSSR count). The summed E-state index contributed by atoms with van der Waals surface area (Å²) in [5, 5.41) is 0.703. The number of fused-ring (bicyclic) bond motifs is 1. The zero-order valence-electron chi connectivity index (χ0n) is 8.07. The van der Waals surface area contributed by atoms with Crippen molar-refractivity contribution in [2.24, 2.45) is 0 Å². The SMILES string of the molecule is CC(C)c1c[nH]c2ccc(Br)c(F)c12. The maximum Gasteiger partial charge on any atom is 0.147 e. The van der Waals surface area contributed by atoms with Gasteiger partial charge >= 0.3 is 0 Å². The average Bonchev–Trinajstić information content (AvgIpc) is 2.55. The monoisotopic (exact) mass is 255 g/mol. The molecule has 74 valence electrons. The van der Waals surface area contributed by atoms with E-state index in [0.29, 0.717) is 15.8 Å². The Hall–Kier alpha value is -0.830. The van der Waals surface area contributed by atoms with Gasteiger partial charge in [0.05, 0.1) is 4.47 Å². The van der Waals surface area contributed by atoms with Crippen LogP contribution in [0.5, 0.6) is 0 Å². The summed E-state index contributed by atoms with van der Waals surface area (Å²) < 4.78 is 14.3. The van der Waals surface area contributed by atoms with E-state index in [2.05, 4.69) is 34.8 Å². The standard InChI is InChI=1S/C11H11BrFN/c1-6(2)7-5-14-9-4-3-8(12)11(13)10(7)9/h3-6,14H,1-2H3. The molecular weight excluding hydrogens is 245 g/mol. The van der Waals surface area contributed by atoms with Crippen LogP contribution in [0.4, 0.5) is 4.39 Å². The molecule has 0 aliphatic carbocycles. The van der Waals surface area contributed by atoms with Gasteiger partial charge in [0.15, 0.2) is 0 Å². The van der Waals surface area contributed by atoms with Gasteiger partial charge in [-0.25, -0.2) is 4.39 Å². The third-order valence-electron chi connectivity index (χ3n) is 2.39. The lowest BCUT2D eigenvalue weighted by Gasteiger charge is -2.03. The molecule has 0 spiro atoms. The Balaban J connectivity index is 2.82. The second kappa shape index (κ2) is 3.39. The van der Waals surface area contributed by atoms with Crippen LogP contribution in [0.3, 0.4) is 0 Å². The fourth-order valence-electron chi connectivity index (χ4n) is 1.64. The predicted molar refractivity (Wildman–Crippen MR) is 60.0 cm³/mol. The first-order valence-electron chi connectivity index (χ1n) is 4.56. The van der Waals surface area contributed by atoms with Crippen LogP contribution in [0, 0.1) is 5.82 Å². The molecule has 2 aromatic rings. The Labute approximate surface area is 90.5 Å². The molecule has 0 aliphatic heterocycles. The summed E-state index contributed by atoms with van der Waals surface area (Å²) in [5.41, 5.74) is 1.88. The summed E-state index contributed by atoms with van der Waals surface area (Å²) >= 11 is 3.20. The molecule has 0 aliphatic rings. The van der Waals surface area contributed by atoms with E-state index in [0.717, 1.165) is 11.1 Å². The predicted octanol–water partition coefficient (Wildman–Crippen LogP) is 4.19. The van der Waals surface area contributed by atoms with Gasteiger partial charge < -0.3 is 4.98 Å². The molecule has 1 heterocycles. The summed E-state index contributed by atoms with van der Waals surface area (Å²) in [6.45, 7) is 4.12. The van der Waals surface area contributed by atoms with Crippen molar-refractivity contribution in [3.05, 3.63) is 34.2 Å². The van der Waals surface area contributed by atoms with Crippen molar-refractivity contribution >= 4 is 26.8 Å². The smallest absolute Gasteiger partial charge is 0.147 e. The molecule has 0 unspecified atom stereocenters. The average molecular weight is 256 g/mol. The van der Waals surface area contributed by atoms with Crippen LogP contribution in [-0.2, 0) is 0 Å². The van der Waals surface area contributed by atoms with Gasteiger partial charge in [0.1, 0.15) is 5.82 Å². The topological polar surface area (TPSA) is 15.8 Å². The third-order valence-corrected chi connectivity index (χ3v) is 3.00. The number of H-pyrrole nitrogens is 1. The molecular formula is C11H11BrFN. The molecule has 0 bridgehead atoms. The minimum absolute atomic E-state index is 0.174. The van der Waals surface area contributed by atoms with Crippen LogP contribution in [0.2, 0.25) is 0 Å². The van der Waals surface area contributed by atoms with Crippen molar-refractivity contribution in [2.45, 2.75) is 19.8 Å². The van der Waals surface area contributed by atoms with Crippen molar-refractivity contribution in [3.8, 4) is 0 Å². The zero-order chi connectivity index (χ0) is 10.3. The van der Waals surface area contributed by atoms with Crippen LogP contribution < -0.4 is 0 Å². The Kier molecular flexibility index (Phi) is 2.35. The maximum atomic E-state index is 13.8. The van der Waals surface area contributed by atoms with Crippen LogP contribution in [0.15, 0.2) is 22.8 Å². The molecule has 0 fully saturated rings. The van der Waals surface area contributed by atoms with E-state index in [4.69, 9.17) is 0 Å². The molecule has 3 heteroatoms. The maximum absolute atomic E-state index is 13.8. The fourth-order valence-corrected chi connectivity index (χ4v) is 1.97. The van der Waals surface area contributed by atoms with E-state index in [1.54, 1.807) is 6.07 Å². The molecule has 1 N–H and O–H groups in total. The van der Waals surface area contributed by atoms with Crippen LogP contribution >= 0.6 is 15.9 Å². The molecule has 1 aromatic carbocycles. The van der Waals surface area contributed by atoms with Gasteiger partial charge in [-0.3, -0.25) is 0 Å². The van der Waals surface area contributed by atoms with Crippen LogP contribution in [0.1, 0.15) is 25.3 Å². The number of aromatic nitrogens is 1. The van der Waals surface area contributed by atoms with E-state index in [9.17, 15) is 4.39 Å². The highest BCUT2D eigenvalue weighted by atomic mass is 79.9. The lowest BCUT2D eigenvalue weighted by Crippen LogP contribution is -1.87. The number of rotatable bonds is 1. The number of aromatic amines is 1. The second-order valence-corrected chi connectivity index (χ2v) is 4.54. The lowest BCUT2D eigenvalue weighted by atomic mass is 10.0. The fraction of sp³-hybridized carbons (Fsp3) is 0.273. The van der Waals surface area contributed by atoms with Gasteiger partial charge in [-0.1, -0.05) is 13.8 Å². The summed E-state index contributed by atoms with van der Waals surface area (Å²) in [6.07, 6.45) is 1.88. The first kappa shape index (κ1) is 9.71. The Morgan fingerprint density at radius 3 is 2.71 bits per heavy atom. The van der Waals surface area contributed by atoms with Gasteiger partial charge in [-0.2, -0.15) is 0 Å². The van der Waals surface area contributed by atoms with Crippen molar-refractivity contribution in [1.29, 1.82) is 0 Å². The quantitative estimate of drug-likeness (QED) is 0.787. The highest BCUT2D eigenvalue weighted by Gasteiger charge is 2.13. The largest absolute Gasteiger partial charge is 0.361 e. The molecule has 14 heavy (non-hydrogen) atoms.